The van der Waals surface area contributed by atoms with E-state index < -0.39 is 0 Å². The maximum absolute atomic E-state index is 11.9. The number of rotatable bonds is 8. The normalized spacial score (nSPS) is 11.2. The van der Waals surface area contributed by atoms with Gasteiger partial charge in [0.15, 0.2) is 17.5 Å². The van der Waals surface area contributed by atoms with Gasteiger partial charge in [0, 0.05) is 24.7 Å². The molecule has 0 heterocycles. The fourth-order valence-corrected chi connectivity index (χ4v) is 2.52. The van der Waals surface area contributed by atoms with Crippen molar-refractivity contribution >= 4 is 35.8 Å². The van der Waals surface area contributed by atoms with E-state index in [2.05, 4.69) is 20.9 Å². The average molecular weight is 508 g/mol. The van der Waals surface area contributed by atoms with Gasteiger partial charge in [-0.25, -0.2) is 0 Å². The summed E-state index contributed by atoms with van der Waals surface area (Å²) in [5.41, 5.74) is 0.711. The second kappa shape index (κ2) is 12.5. The molecule has 0 aliphatic carbocycles. The summed E-state index contributed by atoms with van der Waals surface area (Å²) in [7, 11) is 6.43. The molecule has 0 bridgehead atoms. The molecule has 0 radical (unpaired) electrons. The lowest BCUT2D eigenvalue weighted by molar-refractivity contribution is -0.121. The summed E-state index contributed by atoms with van der Waals surface area (Å²) in [6.07, 6.45) is 0.679. The summed E-state index contributed by atoms with van der Waals surface area (Å²) in [4.78, 5) is 16.0. The minimum atomic E-state index is -0.264. The van der Waals surface area contributed by atoms with Crippen LogP contribution in [0.2, 0.25) is 0 Å². The Bertz CT molecular complexity index is 660. The van der Waals surface area contributed by atoms with E-state index in [1.54, 1.807) is 28.4 Å². The van der Waals surface area contributed by atoms with Gasteiger partial charge in [-0.1, -0.05) is 6.07 Å². The zero-order valence-corrected chi connectivity index (χ0v) is 20.1. The molecule has 0 fully saturated rings. The van der Waals surface area contributed by atoms with Crippen LogP contribution >= 0.6 is 24.0 Å². The molecule has 0 atom stereocenters. The van der Waals surface area contributed by atoms with Crippen molar-refractivity contribution in [2.75, 3.05) is 41.5 Å². The van der Waals surface area contributed by atoms with E-state index in [-0.39, 0.29) is 42.0 Å². The monoisotopic (exact) mass is 508 g/mol. The van der Waals surface area contributed by atoms with Crippen molar-refractivity contribution in [2.24, 2.45) is 4.99 Å². The minimum Gasteiger partial charge on any atom is -0.493 e. The topological polar surface area (TPSA) is 93.2 Å². The third-order valence-electron chi connectivity index (χ3n) is 3.63. The number of ether oxygens (including phenoxy) is 3. The van der Waals surface area contributed by atoms with Crippen molar-refractivity contribution in [3.05, 3.63) is 17.7 Å². The van der Waals surface area contributed by atoms with E-state index in [0.29, 0.717) is 36.2 Å². The van der Waals surface area contributed by atoms with Gasteiger partial charge in [0.1, 0.15) is 0 Å². The Morgan fingerprint density at radius 3 is 2.18 bits per heavy atom. The molecule has 28 heavy (non-hydrogen) atoms. The molecule has 1 aromatic rings. The molecule has 1 rings (SSSR count). The van der Waals surface area contributed by atoms with Gasteiger partial charge in [0.2, 0.25) is 11.7 Å². The Morgan fingerprint density at radius 2 is 1.68 bits per heavy atom. The molecular formula is C19H33IN4O4. The standard InChI is InChI=1S/C19H32N4O4.HI/c1-19(2,3)23-15(24)12-22-18(20-4)21-11-10-13-8-9-14(25-5)17(27-7)16(13)26-6;/h8-9H,10-12H2,1-7H3,(H,23,24)(H2,20,21,22);1H. The lowest BCUT2D eigenvalue weighted by Crippen LogP contribution is -2.48. The smallest absolute Gasteiger partial charge is 0.239 e. The highest BCUT2D eigenvalue weighted by Gasteiger charge is 2.16. The molecule has 0 unspecified atom stereocenters. The van der Waals surface area contributed by atoms with Crippen molar-refractivity contribution in [1.29, 1.82) is 0 Å². The van der Waals surface area contributed by atoms with Crippen LogP contribution in [0.3, 0.4) is 0 Å². The van der Waals surface area contributed by atoms with Crippen molar-refractivity contribution in [3.63, 3.8) is 0 Å². The molecule has 0 aromatic heterocycles. The fourth-order valence-electron chi connectivity index (χ4n) is 2.52. The van der Waals surface area contributed by atoms with Gasteiger partial charge in [0.25, 0.3) is 0 Å². The summed E-state index contributed by atoms with van der Waals surface area (Å²) in [5.74, 6) is 2.30. The van der Waals surface area contributed by atoms with Crippen LogP contribution in [0, 0.1) is 0 Å². The summed E-state index contributed by atoms with van der Waals surface area (Å²) < 4.78 is 16.2. The molecule has 9 heteroatoms. The van der Waals surface area contributed by atoms with E-state index in [0.717, 1.165) is 5.56 Å². The molecule has 0 aliphatic rings. The molecule has 0 spiro atoms. The highest BCUT2D eigenvalue weighted by atomic mass is 127. The van der Waals surface area contributed by atoms with Crippen molar-refractivity contribution in [1.82, 2.24) is 16.0 Å². The number of carbonyl (C=O) groups excluding carboxylic acids is 1. The van der Waals surface area contributed by atoms with E-state index in [1.807, 2.05) is 32.9 Å². The van der Waals surface area contributed by atoms with Crippen molar-refractivity contribution < 1.29 is 19.0 Å². The van der Waals surface area contributed by atoms with Crippen molar-refractivity contribution in [2.45, 2.75) is 32.7 Å². The first-order valence-corrected chi connectivity index (χ1v) is 8.79. The number of hydrogen-bond donors (Lipinski definition) is 3. The first-order valence-electron chi connectivity index (χ1n) is 8.79. The molecule has 1 aromatic carbocycles. The predicted molar refractivity (Wildman–Crippen MR) is 122 cm³/mol. The molecule has 1 amide bonds. The number of aliphatic imine (C=N–C) groups is 1. The quantitative estimate of drug-likeness (QED) is 0.283. The van der Waals surface area contributed by atoms with Crippen LogP contribution in [0.25, 0.3) is 0 Å². The molecule has 160 valence electrons. The predicted octanol–water partition coefficient (Wildman–Crippen LogP) is 1.95. The Balaban J connectivity index is 0.00000729. The van der Waals surface area contributed by atoms with Gasteiger partial charge >= 0.3 is 0 Å². The van der Waals surface area contributed by atoms with E-state index in [4.69, 9.17) is 14.2 Å². The molecule has 3 N–H and O–H groups in total. The highest BCUT2D eigenvalue weighted by Crippen LogP contribution is 2.39. The van der Waals surface area contributed by atoms with Crippen LogP contribution in [0.15, 0.2) is 17.1 Å². The third kappa shape index (κ3) is 8.41. The van der Waals surface area contributed by atoms with Crippen LogP contribution in [0.4, 0.5) is 0 Å². The van der Waals surface area contributed by atoms with Gasteiger partial charge in [-0.3, -0.25) is 9.79 Å². The van der Waals surface area contributed by atoms with Gasteiger partial charge in [-0.2, -0.15) is 0 Å². The number of nitrogens with zero attached hydrogens (tertiary/aromatic N) is 1. The average Bonchev–Trinajstić information content (AvgIpc) is 2.62. The molecule has 8 nitrogen and oxygen atoms in total. The third-order valence-corrected chi connectivity index (χ3v) is 3.63. The van der Waals surface area contributed by atoms with Gasteiger partial charge in [-0.15, -0.1) is 24.0 Å². The lowest BCUT2D eigenvalue weighted by atomic mass is 10.1. The number of guanidine groups is 1. The molecular weight excluding hydrogens is 475 g/mol. The summed E-state index contributed by atoms with van der Waals surface area (Å²) in [6, 6.07) is 3.79. The number of nitrogens with one attached hydrogen (secondary N) is 3. The fraction of sp³-hybridized carbons (Fsp3) is 0.579. The van der Waals surface area contributed by atoms with Gasteiger partial charge in [0.05, 0.1) is 27.9 Å². The van der Waals surface area contributed by atoms with Crippen molar-refractivity contribution in [3.8, 4) is 17.2 Å². The maximum Gasteiger partial charge on any atom is 0.239 e. The highest BCUT2D eigenvalue weighted by molar-refractivity contribution is 14.0. The second-order valence-corrected chi connectivity index (χ2v) is 6.89. The summed E-state index contributed by atoms with van der Waals surface area (Å²) >= 11 is 0. The molecule has 0 aliphatic heterocycles. The Morgan fingerprint density at radius 1 is 1.04 bits per heavy atom. The van der Waals surface area contributed by atoms with E-state index in [1.165, 1.54) is 0 Å². The number of hydrogen-bond acceptors (Lipinski definition) is 5. The van der Waals surface area contributed by atoms with Gasteiger partial charge < -0.3 is 30.2 Å². The number of benzene rings is 1. The summed E-state index contributed by atoms with van der Waals surface area (Å²) in [6.45, 7) is 6.57. The second-order valence-electron chi connectivity index (χ2n) is 6.89. The van der Waals surface area contributed by atoms with Crippen LogP contribution in [-0.4, -0.2) is 58.9 Å². The number of amides is 1. The number of carbonyl (C=O) groups is 1. The lowest BCUT2D eigenvalue weighted by Gasteiger charge is -2.21. The first-order chi connectivity index (χ1) is 12.8. The summed E-state index contributed by atoms with van der Waals surface area (Å²) in [5, 5.41) is 9.08. The van der Waals surface area contributed by atoms with Crippen LogP contribution in [0.5, 0.6) is 17.2 Å². The number of methoxy groups -OCH3 is 3. The number of halogens is 1. The zero-order valence-electron chi connectivity index (χ0n) is 17.8. The Kier molecular flexibility index (Phi) is 11.7. The minimum absolute atomic E-state index is 0. The Labute approximate surface area is 184 Å². The van der Waals surface area contributed by atoms with Crippen LogP contribution in [0.1, 0.15) is 26.3 Å². The Hall–Kier alpha value is -1.91. The zero-order chi connectivity index (χ0) is 20.4. The van der Waals surface area contributed by atoms with Crippen LogP contribution < -0.4 is 30.2 Å². The van der Waals surface area contributed by atoms with E-state index in [9.17, 15) is 4.79 Å². The first kappa shape index (κ1) is 26.1. The van der Waals surface area contributed by atoms with E-state index >= 15 is 0 Å². The molecule has 0 saturated carbocycles. The SMILES string of the molecule is CN=C(NCCc1ccc(OC)c(OC)c1OC)NCC(=O)NC(C)(C)C.I. The van der Waals surface area contributed by atoms with Gasteiger partial charge in [-0.05, 0) is 33.3 Å². The largest absolute Gasteiger partial charge is 0.493 e. The maximum atomic E-state index is 11.9. The molecule has 0 saturated heterocycles. The van der Waals surface area contributed by atoms with Crippen LogP contribution in [-0.2, 0) is 11.2 Å².